The highest BCUT2D eigenvalue weighted by atomic mass is 16.1. The van der Waals surface area contributed by atoms with Crippen LogP contribution in [0, 0.1) is 13.8 Å². The van der Waals surface area contributed by atoms with E-state index in [4.69, 9.17) is 0 Å². The number of rotatable bonds is 6. The summed E-state index contributed by atoms with van der Waals surface area (Å²) >= 11 is 0. The monoisotopic (exact) mass is 337 g/mol. The van der Waals surface area contributed by atoms with E-state index in [0.717, 1.165) is 35.7 Å². The molecule has 1 amide bonds. The lowest BCUT2D eigenvalue weighted by molar-refractivity contribution is -0.115. The minimum atomic E-state index is -0.0549. The van der Waals surface area contributed by atoms with Crippen molar-refractivity contribution in [3.63, 3.8) is 0 Å². The van der Waals surface area contributed by atoms with Crippen molar-refractivity contribution in [2.45, 2.75) is 33.2 Å². The minimum absolute atomic E-state index is 0.0549. The van der Waals surface area contributed by atoms with Crippen molar-refractivity contribution < 1.29 is 4.79 Å². The van der Waals surface area contributed by atoms with Gasteiger partial charge in [0.2, 0.25) is 5.91 Å². The highest BCUT2D eigenvalue weighted by molar-refractivity contribution is 5.91. The van der Waals surface area contributed by atoms with E-state index in [1.54, 1.807) is 6.20 Å². The fourth-order valence-corrected chi connectivity index (χ4v) is 2.92. The molecule has 1 N–H and O–H groups in total. The van der Waals surface area contributed by atoms with E-state index >= 15 is 0 Å². The lowest BCUT2D eigenvalue weighted by atomic mass is 10.1. The van der Waals surface area contributed by atoms with Gasteiger partial charge in [-0.3, -0.25) is 9.48 Å². The Morgan fingerprint density at radius 1 is 1.16 bits per heavy atom. The van der Waals surface area contributed by atoms with Crippen LogP contribution in [0.3, 0.4) is 0 Å². The maximum atomic E-state index is 12.4. The zero-order valence-electron chi connectivity index (χ0n) is 14.9. The number of anilines is 1. The van der Waals surface area contributed by atoms with Crippen molar-refractivity contribution in [2.24, 2.45) is 7.05 Å². The number of hydrogen-bond donors (Lipinski definition) is 1. The van der Waals surface area contributed by atoms with Crippen LogP contribution in [0.5, 0.6) is 0 Å². The Morgan fingerprint density at radius 2 is 1.92 bits per heavy atom. The van der Waals surface area contributed by atoms with E-state index < -0.39 is 0 Å². The smallest absolute Gasteiger partial charge is 0.230 e. The molecule has 130 valence electrons. The Bertz CT molecular complexity index is 863. The molecule has 0 spiro atoms. The molecule has 25 heavy (non-hydrogen) atoms. The molecule has 0 fully saturated rings. The first-order valence-corrected chi connectivity index (χ1v) is 8.39. The van der Waals surface area contributed by atoms with Crippen LogP contribution in [0.1, 0.15) is 22.5 Å². The van der Waals surface area contributed by atoms with Crippen LogP contribution in [0.4, 0.5) is 5.82 Å². The average molecular weight is 337 g/mol. The zero-order valence-corrected chi connectivity index (χ0v) is 14.9. The number of carbonyl (C=O) groups is 1. The van der Waals surface area contributed by atoms with E-state index in [-0.39, 0.29) is 5.91 Å². The van der Waals surface area contributed by atoms with Gasteiger partial charge in [0.05, 0.1) is 18.3 Å². The molecular weight excluding hydrogens is 314 g/mol. The molecule has 0 atom stereocenters. The van der Waals surface area contributed by atoms with Crippen molar-refractivity contribution in [1.29, 1.82) is 0 Å². The van der Waals surface area contributed by atoms with Gasteiger partial charge in [-0.15, -0.1) is 0 Å². The molecule has 0 radical (unpaired) electrons. The first-order chi connectivity index (χ1) is 12.0. The van der Waals surface area contributed by atoms with Crippen LogP contribution in [0.25, 0.3) is 0 Å². The third-order valence-electron chi connectivity index (χ3n) is 4.44. The van der Waals surface area contributed by atoms with Crippen molar-refractivity contribution in [1.82, 2.24) is 19.6 Å². The second-order valence-electron chi connectivity index (χ2n) is 6.17. The predicted molar refractivity (Wildman–Crippen MR) is 97.4 cm³/mol. The summed E-state index contributed by atoms with van der Waals surface area (Å²) < 4.78 is 3.63. The summed E-state index contributed by atoms with van der Waals surface area (Å²) in [4.78, 5) is 12.4. The van der Waals surface area contributed by atoms with E-state index in [9.17, 15) is 4.79 Å². The molecule has 0 unspecified atom stereocenters. The van der Waals surface area contributed by atoms with E-state index in [2.05, 4.69) is 27.6 Å². The van der Waals surface area contributed by atoms with Crippen LogP contribution in [0.15, 0.2) is 42.6 Å². The number of aromatic nitrogens is 4. The number of benzene rings is 1. The van der Waals surface area contributed by atoms with Gasteiger partial charge in [-0.1, -0.05) is 30.3 Å². The Kier molecular flexibility index (Phi) is 4.97. The molecule has 0 aliphatic rings. The van der Waals surface area contributed by atoms with Crippen molar-refractivity contribution in [3.05, 3.63) is 65.1 Å². The fraction of sp³-hybridized carbons (Fsp3) is 0.316. The summed E-state index contributed by atoms with van der Waals surface area (Å²) in [5, 5.41) is 11.6. The van der Waals surface area contributed by atoms with Gasteiger partial charge >= 0.3 is 0 Å². The molecule has 0 saturated heterocycles. The molecule has 0 aliphatic heterocycles. The number of nitrogens with one attached hydrogen (secondary N) is 1. The van der Waals surface area contributed by atoms with E-state index in [0.29, 0.717) is 6.42 Å². The molecule has 1 aromatic carbocycles. The molecule has 6 heteroatoms. The number of hydrogen-bond acceptors (Lipinski definition) is 3. The zero-order chi connectivity index (χ0) is 17.8. The first kappa shape index (κ1) is 17.0. The van der Waals surface area contributed by atoms with Crippen molar-refractivity contribution >= 4 is 11.7 Å². The summed E-state index contributed by atoms with van der Waals surface area (Å²) in [7, 11) is 1.89. The van der Waals surface area contributed by atoms with Crippen molar-refractivity contribution in [2.75, 3.05) is 5.32 Å². The molecule has 2 heterocycles. The quantitative estimate of drug-likeness (QED) is 0.752. The van der Waals surface area contributed by atoms with Gasteiger partial charge in [-0.05, 0) is 25.8 Å². The highest BCUT2D eigenvalue weighted by Gasteiger charge is 2.14. The van der Waals surface area contributed by atoms with Gasteiger partial charge in [0.1, 0.15) is 5.82 Å². The summed E-state index contributed by atoms with van der Waals surface area (Å²) in [5.41, 5.74) is 4.14. The third-order valence-corrected chi connectivity index (χ3v) is 4.44. The van der Waals surface area contributed by atoms with Gasteiger partial charge < -0.3 is 5.32 Å². The Hall–Kier alpha value is -2.89. The van der Waals surface area contributed by atoms with Crippen LogP contribution in [-0.2, 0) is 31.2 Å². The lowest BCUT2D eigenvalue weighted by Gasteiger charge is -2.09. The van der Waals surface area contributed by atoms with E-state index in [1.165, 1.54) is 5.56 Å². The standard InChI is InChI=1S/C19H23N5O/c1-14-17(15(2)23(3)22-14)13-19(25)21-18-9-11-20-24(18)12-10-16-7-5-4-6-8-16/h4-9,11H,10,12-13H2,1-3H3,(H,21,25). The number of aryl methyl sites for hydroxylation is 4. The van der Waals surface area contributed by atoms with E-state index in [1.807, 2.05) is 54.5 Å². The summed E-state index contributed by atoms with van der Waals surface area (Å²) in [6.45, 7) is 4.63. The molecule has 0 aliphatic carbocycles. The van der Waals surface area contributed by atoms with Crippen molar-refractivity contribution in [3.8, 4) is 0 Å². The number of amides is 1. The van der Waals surface area contributed by atoms with Crippen LogP contribution >= 0.6 is 0 Å². The Labute approximate surface area is 147 Å². The van der Waals surface area contributed by atoms with Gasteiger partial charge in [-0.25, -0.2) is 4.68 Å². The Balaban J connectivity index is 1.63. The molecule has 3 rings (SSSR count). The molecule has 0 saturated carbocycles. The fourth-order valence-electron chi connectivity index (χ4n) is 2.92. The summed E-state index contributed by atoms with van der Waals surface area (Å²) in [6, 6.07) is 12.1. The predicted octanol–water partition coefficient (Wildman–Crippen LogP) is 2.66. The lowest BCUT2D eigenvalue weighted by Crippen LogP contribution is -2.18. The third kappa shape index (κ3) is 3.96. The second-order valence-corrected chi connectivity index (χ2v) is 6.17. The normalized spacial score (nSPS) is 10.8. The number of carbonyl (C=O) groups excluding carboxylic acids is 1. The maximum Gasteiger partial charge on any atom is 0.230 e. The van der Waals surface area contributed by atoms with Gasteiger partial charge in [0.15, 0.2) is 0 Å². The van der Waals surface area contributed by atoms with Crippen LogP contribution in [0.2, 0.25) is 0 Å². The minimum Gasteiger partial charge on any atom is -0.311 e. The molecule has 0 bridgehead atoms. The second kappa shape index (κ2) is 7.34. The topological polar surface area (TPSA) is 64.7 Å². The first-order valence-electron chi connectivity index (χ1n) is 8.39. The highest BCUT2D eigenvalue weighted by Crippen LogP contribution is 2.14. The van der Waals surface area contributed by atoms with Crippen LogP contribution < -0.4 is 5.32 Å². The summed E-state index contributed by atoms with van der Waals surface area (Å²) in [5.74, 6) is 0.667. The SMILES string of the molecule is Cc1nn(C)c(C)c1CC(=O)Nc1ccnn1CCc1ccccc1. The molecule has 6 nitrogen and oxygen atoms in total. The largest absolute Gasteiger partial charge is 0.311 e. The number of nitrogens with zero attached hydrogens (tertiary/aromatic N) is 4. The molecule has 2 aromatic heterocycles. The Morgan fingerprint density at radius 3 is 2.60 bits per heavy atom. The molecule has 3 aromatic rings. The molecular formula is C19H23N5O. The maximum absolute atomic E-state index is 12.4. The van der Waals surface area contributed by atoms with Crippen LogP contribution in [-0.4, -0.2) is 25.5 Å². The van der Waals surface area contributed by atoms with Gasteiger partial charge in [-0.2, -0.15) is 10.2 Å². The average Bonchev–Trinajstić information content (AvgIpc) is 3.13. The summed E-state index contributed by atoms with van der Waals surface area (Å²) in [6.07, 6.45) is 2.89. The van der Waals surface area contributed by atoms with Gasteiger partial charge in [0.25, 0.3) is 0 Å². The van der Waals surface area contributed by atoms with Gasteiger partial charge in [0, 0.05) is 30.9 Å².